The maximum absolute atomic E-state index is 13.7. The van der Waals surface area contributed by atoms with Crippen molar-refractivity contribution in [1.29, 1.82) is 0 Å². The van der Waals surface area contributed by atoms with Gasteiger partial charge in [-0.25, -0.2) is 9.07 Å². The van der Waals surface area contributed by atoms with Crippen LogP contribution < -0.4 is 5.73 Å². The molecule has 0 bridgehead atoms. The Kier molecular flexibility index (Phi) is 4.50. The molecule has 2 aromatic rings. The van der Waals surface area contributed by atoms with E-state index in [9.17, 15) is 4.39 Å². The molecule has 0 saturated carbocycles. The van der Waals surface area contributed by atoms with E-state index in [0.717, 1.165) is 18.5 Å². The molecule has 1 aromatic heterocycles. The molecule has 0 spiro atoms. The summed E-state index contributed by atoms with van der Waals surface area (Å²) in [6, 6.07) is 4.47. The van der Waals surface area contributed by atoms with Crippen LogP contribution in [0.25, 0.3) is 0 Å². The molecular formula is C13H16ClFN4. The minimum atomic E-state index is -0.345. The van der Waals surface area contributed by atoms with Gasteiger partial charge in [0, 0.05) is 10.6 Å². The summed E-state index contributed by atoms with van der Waals surface area (Å²) >= 11 is 5.71. The van der Waals surface area contributed by atoms with Crippen LogP contribution in [0.3, 0.4) is 0 Å². The van der Waals surface area contributed by atoms with Gasteiger partial charge in [-0.2, -0.15) is 0 Å². The number of halogens is 2. The zero-order chi connectivity index (χ0) is 13.8. The van der Waals surface area contributed by atoms with E-state index in [0.29, 0.717) is 17.1 Å². The highest BCUT2D eigenvalue weighted by Gasteiger charge is 2.11. The summed E-state index contributed by atoms with van der Waals surface area (Å²) in [5, 5.41) is 8.36. The second-order valence-electron chi connectivity index (χ2n) is 4.47. The van der Waals surface area contributed by atoms with Crippen molar-refractivity contribution in [1.82, 2.24) is 15.0 Å². The molecule has 1 unspecified atom stereocenters. The van der Waals surface area contributed by atoms with Gasteiger partial charge < -0.3 is 5.73 Å². The zero-order valence-corrected chi connectivity index (χ0v) is 11.4. The van der Waals surface area contributed by atoms with Crippen molar-refractivity contribution in [3.63, 3.8) is 0 Å². The number of hydrogen-bond donors (Lipinski definition) is 1. The van der Waals surface area contributed by atoms with Gasteiger partial charge in [0.1, 0.15) is 5.82 Å². The Morgan fingerprint density at radius 2 is 2.26 bits per heavy atom. The van der Waals surface area contributed by atoms with Crippen LogP contribution >= 0.6 is 11.6 Å². The molecule has 2 N–H and O–H groups in total. The van der Waals surface area contributed by atoms with Gasteiger partial charge in [0.15, 0.2) is 0 Å². The lowest BCUT2D eigenvalue weighted by Crippen LogP contribution is -2.10. The first-order valence-electron chi connectivity index (χ1n) is 6.19. The van der Waals surface area contributed by atoms with Crippen molar-refractivity contribution >= 4 is 11.6 Å². The molecule has 0 aliphatic heterocycles. The van der Waals surface area contributed by atoms with Gasteiger partial charge in [-0.05, 0) is 18.6 Å². The first-order chi connectivity index (χ1) is 9.10. The van der Waals surface area contributed by atoms with E-state index in [4.69, 9.17) is 17.3 Å². The first-order valence-corrected chi connectivity index (χ1v) is 6.57. The second kappa shape index (κ2) is 6.12. The summed E-state index contributed by atoms with van der Waals surface area (Å²) in [5.41, 5.74) is 7.21. The van der Waals surface area contributed by atoms with E-state index >= 15 is 0 Å². The summed E-state index contributed by atoms with van der Waals surface area (Å²) in [6.45, 7) is 2.38. The quantitative estimate of drug-likeness (QED) is 0.917. The fourth-order valence-electron chi connectivity index (χ4n) is 1.84. The van der Waals surface area contributed by atoms with Gasteiger partial charge >= 0.3 is 0 Å². The standard InChI is InChI=1S/C13H16ClFN4/c1-2-3-12(16)13-8-19(18-17-13)7-9-4-5-10(14)6-11(9)15/h4-6,8,12H,2-3,7,16H2,1H3. The normalized spacial score (nSPS) is 12.6. The number of benzene rings is 1. The summed E-state index contributed by atoms with van der Waals surface area (Å²) in [6.07, 6.45) is 3.60. The van der Waals surface area contributed by atoms with E-state index in [1.807, 2.05) is 0 Å². The predicted molar refractivity (Wildman–Crippen MR) is 72.4 cm³/mol. The average Bonchev–Trinajstić information content (AvgIpc) is 2.82. The molecule has 0 aliphatic carbocycles. The van der Waals surface area contributed by atoms with Crippen molar-refractivity contribution in [2.24, 2.45) is 5.73 Å². The van der Waals surface area contributed by atoms with Crippen LogP contribution in [0.2, 0.25) is 5.02 Å². The van der Waals surface area contributed by atoms with Crippen LogP contribution in [0.15, 0.2) is 24.4 Å². The lowest BCUT2D eigenvalue weighted by molar-refractivity contribution is 0.577. The fraction of sp³-hybridized carbons (Fsp3) is 0.385. The van der Waals surface area contributed by atoms with Gasteiger partial charge in [0.25, 0.3) is 0 Å². The van der Waals surface area contributed by atoms with Crippen LogP contribution in [0.5, 0.6) is 0 Å². The highest BCUT2D eigenvalue weighted by molar-refractivity contribution is 6.30. The molecule has 0 fully saturated rings. The minimum absolute atomic E-state index is 0.117. The van der Waals surface area contributed by atoms with Crippen LogP contribution in [-0.2, 0) is 6.54 Å². The summed E-state index contributed by atoms with van der Waals surface area (Å²) < 4.78 is 15.2. The van der Waals surface area contributed by atoms with Crippen LogP contribution in [0, 0.1) is 5.82 Å². The molecule has 0 saturated heterocycles. The highest BCUT2D eigenvalue weighted by Crippen LogP contribution is 2.16. The number of aromatic nitrogens is 3. The summed E-state index contributed by atoms with van der Waals surface area (Å²) in [7, 11) is 0. The second-order valence-corrected chi connectivity index (χ2v) is 4.91. The van der Waals surface area contributed by atoms with Gasteiger partial charge in [-0.3, -0.25) is 0 Å². The van der Waals surface area contributed by atoms with Crippen LogP contribution in [-0.4, -0.2) is 15.0 Å². The van der Waals surface area contributed by atoms with E-state index < -0.39 is 0 Å². The number of nitrogens with zero attached hydrogens (tertiary/aromatic N) is 3. The highest BCUT2D eigenvalue weighted by atomic mass is 35.5. The van der Waals surface area contributed by atoms with E-state index in [-0.39, 0.29) is 11.9 Å². The maximum Gasteiger partial charge on any atom is 0.129 e. The number of nitrogens with two attached hydrogens (primary N) is 1. The average molecular weight is 283 g/mol. The lowest BCUT2D eigenvalue weighted by atomic mass is 10.1. The van der Waals surface area contributed by atoms with E-state index in [1.54, 1.807) is 23.0 Å². The fourth-order valence-corrected chi connectivity index (χ4v) is 2.00. The molecule has 0 aliphatic rings. The van der Waals surface area contributed by atoms with Crippen molar-refractivity contribution < 1.29 is 4.39 Å². The van der Waals surface area contributed by atoms with Crippen molar-refractivity contribution in [2.45, 2.75) is 32.4 Å². The Balaban J connectivity index is 2.11. The summed E-state index contributed by atoms with van der Waals surface area (Å²) in [4.78, 5) is 0. The third kappa shape index (κ3) is 3.52. The smallest absolute Gasteiger partial charge is 0.129 e. The lowest BCUT2D eigenvalue weighted by Gasteiger charge is -2.05. The van der Waals surface area contributed by atoms with Crippen LogP contribution in [0.4, 0.5) is 4.39 Å². The Morgan fingerprint density at radius 3 is 2.95 bits per heavy atom. The van der Waals surface area contributed by atoms with Gasteiger partial charge in [-0.15, -0.1) is 5.10 Å². The van der Waals surface area contributed by atoms with Gasteiger partial charge in [0.05, 0.1) is 24.5 Å². The Labute approximate surface area is 116 Å². The number of rotatable bonds is 5. The Hall–Kier alpha value is -1.46. The monoisotopic (exact) mass is 282 g/mol. The molecule has 2 rings (SSSR count). The molecule has 6 heteroatoms. The molecule has 0 radical (unpaired) electrons. The zero-order valence-electron chi connectivity index (χ0n) is 10.7. The summed E-state index contributed by atoms with van der Waals surface area (Å²) in [5.74, 6) is -0.345. The molecule has 19 heavy (non-hydrogen) atoms. The molecule has 1 aromatic carbocycles. The first kappa shape index (κ1) is 14.0. The largest absolute Gasteiger partial charge is 0.323 e. The van der Waals surface area contributed by atoms with E-state index in [1.165, 1.54) is 6.07 Å². The SMILES string of the molecule is CCCC(N)c1cn(Cc2ccc(Cl)cc2F)nn1. The Bertz CT molecular complexity index is 555. The molecule has 102 valence electrons. The van der Waals surface area contributed by atoms with Crippen molar-refractivity contribution in [3.05, 3.63) is 46.5 Å². The predicted octanol–water partition coefficient (Wildman–Crippen LogP) is 2.92. The third-order valence-electron chi connectivity index (χ3n) is 2.88. The molecule has 1 atom stereocenters. The number of hydrogen-bond acceptors (Lipinski definition) is 3. The molecule has 1 heterocycles. The van der Waals surface area contributed by atoms with Gasteiger partial charge in [-0.1, -0.05) is 36.2 Å². The van der Waals surface area contributed by atoms with Gasteiger partial charge in [0.2, 0.25) is 0 Å². The Morgan fingerprint density at radius 1 is 1.47 bits per heavy atom. The van der Waals surface area contributed by atoms with Crippen LogP contribution in [0.1, 0.15) is 37.1 Å². The maximum atomic E-state index is 13.7. The molecule has 4 nitrogen and oxygen atoms in total. The van der Waals surface area contributed by atoms with Crippen molar-refractivity contribution in [2.75, 3.05) is 0 Å². The van der Waals surface area contributed by atoms with E-state index in [2.05, 4.69) is 17.2 Å². The topological polar surface area (TPSA) is 56.7 Å². The minimum Gasteiger partial charge on any atom is -0.323 e. The molecule has 0 amide bonds. The third-order valence-corrected chi connectivity index (χ3v) is 3.12. The molecular weight excluding hydrogens is 267 g/mol. The van der Waals surface area contributed by atoms with Crippen molar-refractivity contribution in [3.8, 4) is 0 Å².